The van der Waals surface area contributed by atoms with E-state index >= 15 is 0 Å². The summed E-state index contributed by atoms with van der Waals surface area (Å²) in [6, 6.07) is 7.25. The molecule has 0 fully saturated rings. The molecule has 0 amide bonds. The number of hydrogen-bond donors (Lipinski definition) is 0. The van der Waals surface area contributed by atoms with E-state index in [1.54, 1.807) is 23.9 Å². The molecule has 3 rings (SSSR count). The molecule has 4 heteroatoms. The third kappa shape index (κ3) is 1.24. The Hall–Kier alpha value is -2.36. The summed E-state index contributed by atoms with van der Waals surface area (Å²) in [7, 11) is 1.76. The quantitative estimate of drug-likeness (QED) is 0.495. The lowest BCUT2D eigenvalue weighted by molar-refractivity contribution is -0.672. The van der Waals surface area contributed by atoms with E-state index in [-0.39, 0.29) is 5.69 Å². The van der Waals surface area contributed by atoms with Crippen molar-refractivity contribution in [2.24, 2.45) is 7.05 Å². The van der Waals surface area contributed by atoms with Crippen molar-refractivity contribution in [3.63, 3.8) is 0 Å². The van der Waals surface area contributed by atoms with Crippen LogP contribution in [0.5, 0.6) is 0 Å². The fourth-order valence-electron chi connectivity index (χ4n) is 2.13. The van der Waals surface area contributed by atoms with E-state index in [9.17, 15) is 9.59 Å². The summed E-state index contributed by atoms with van der Waals surface area (Å²) in [5, 5.41) is 0. The Morgan fingerprint density at radius 3 is 2.65 bits per heavy atom. The third-order valence-electron chi connectivity index (χ3n) is 2.91. The summed E-state index contributed by atoms with van der Waals surface area (Å²) in [4.78, 5) is 27.9. The fraction of sp³-hybridized carbons (Fsp3) is 0.0769. The highest BCUT2D eigenvalue weighted by atomic mass is 16.2. The SMILES string of the molecule is C[n+]1cccc2c1C(=O)C(=O)c1ncccc1-2. The number of aromatic nitrogens is 2. The van der Waals surface area contributed by atoms with Crippen molar-refractivity contribution < 1.29 is 14.2 Å². The second-order valence-electron chi connectivity index (χ2n) is 3.94. The van der Waals surface area contributed by atoms with Gasteiger partial charge in [-0.25, -0.2) is 0 Å². The van der Waals surface area contributed by atoms with Gasteiger partial charge in [-0.3, -0.25) is 14.6 Å². The number of carbonyl (C=O) groups is 2. The number of carbonyl (C=O) groups excluding carboxylic acids is 2. The van der Waals surface area contributed by atoms with Crippen molar-refractivity contribution in [2.45, 2.75) is 0 Å². The van der Waals surface area contributed by atoms with E-state index in [1.807, 2.05) is 18.2 Å². The van der Waals surface area contributed by atoms with Gasteiger partial charge in [-0.05, 0) is 12.1 Å². The Kier molecular flexibility index (Phi) is 1.92. The Morgan fingerprint density at radius 2 is 1.82 bits per heavy atom. The van der Waals surface area contributed by atoms with E-state index in [4.69, 9.17) is 0 Å². The highest BCUT2D eigenvalue weighted by Gasteiger charge is 2.37. The van der Waals surface area contributed by atoms with Gasteiger partial charge in [-0.1, -0.05) is 6.07 Å². The van der Waals surface area contributed by atoms with Gasteiger partial charge in [-0.15, -0.1) is 0 Å². The molecule has 82 valence electrons. The molecule has 2 aromatic heterocycles. The Bertz CT molecular complexity index is 662. The van der Waals surface area contributed by atoms with Crippen LogP contribution in [-0.2, 0) is 7.05 Å². The van der Waals surface area contributed by atoms with Crippen molar-refractivity contribution in [1.29, 1.82) is 0 Å². The standard InChI is InChI=1S/C13H9N2O2/c1-15-7-3-5-9-8-4-2-6-14-10(8)12(16)13(17)11(9)15/h2-7H,1H3/q+1. The van der Waals surface area contributed by atoms with Gasteiger partial charge in [0.15, 0.2) is 6.20 Å². The van der Waals surface area contributed by atoms with Crippen LogP contribution < -0.4 is 4.57 Å². The molecule has 0 N–H and O–H groups in total. The van der Waals surface area contributed by atoms with Crippen LogP contribution in [-0.4, -0.2) is 16.6 Å². The molecule has 0 aliphatic heterocycles. The maximum Gasteiger partial charge on any atom is 0.299 e. The van der Waals surface area contributed by atoms with E-state index in [2.05, 4.69) is 4.98 Å². The van der Waals surface area contributed by atoms with Gasteiger partial charge < -0.3 is 0 Å². The van der Waals surface area contributed by atoms with Crippen LogP contribution >= 0.6 is 0 Å². The van der Waals surface area contributed by atoms with Crippen LogP contribution in [0, 0.1) is 0 Å². The molecule has 0 bridgehead atoms. The summed E-state index contributed by atoms with van der Waals surface area (Å²) in [6.45, 7) is 0. The zero-order chi connectivity index (χ0) is 12.0. The minimum Gasteiger partial charge on any atom is -0.283 e. The summed E-state index contributed by atoms with van der Waals surface area (Å²) >= 11 is 0. The molecule has 0 unspecified atom stereocenters. The van der Waals surface area contributed by atoms with E-state index in [1.165, 1.54) is 6.20 Å². The van der Waals surface area contributed by atoms with Crippen molar-refractivity contribution >= 4 is 11.6 Å². The molecule has 0 radical (unpaired) electrons. The predicted molar refractivity (Wildman–Crippen MR) is 59.5 cm³/mol. The molecule has 0 aromatic carbocycles. The van der Waals surface area contributed by atoms with Gasteiger partial charge in [-0.2, -0.15) is 4.57 Å². The Morgan fingerprint density at radius 1 is 1.06 bits per heavy atom. The third-order valence-corrected chi connectivity index (χ3v) is 2.91. The molecule has 17 heavy (non-hydrogen) atoms. The van der Waals surface area contributed by atoms with Crippen LogP contribution in [0.3, 0.4) is 0 Å². The minimum absolute atomic E-state index is 0.246. The minimum atomic E-state index is -0.532. The normalized spacial score (nSPS) is 13.2. The predicted octanol–water partition coefficient (Wildman–Crippen LogP) is 0.952. The zero-order valence-electron chi connectivity index (χ0n) is 9.18. The van der Waals surface area contributed by atoms with Gasteiger partial charge in [0.1, 0.15) is 12.7 Å². The number of fused-ring (bicyclic) bond motifs is 3. The molecule has 1 aliphatic carbocycles. The van der Waals surface area contributed by atoms with E-state index < -0.39 is 11.6 Å². The van der Waals surface area contributed by atoms with Gasteiger partial charge in [0.2, 0.25) is 0 Å². The first-order valence-corrected chi connectivity index (χ1v) is 5.23. The largest absolute Gasteiger partial charge is 0.299 e. The van der Waals surface area contributed by atoms with E-state index in [0.717, 1.165) is 11.1 Å². The number of hydrogen-bond acceptors (Lipinski definition) is 3. The molecule has 2 heterocycles. The molecule has 4 nitrogen and oxygen atoms in total. The number of ketones is 2. The molecule has 1 aliphatic rings. The first kappa shape index (κ1) is 9.84. The maximum absolute atomic E-state index is 12.0. The van der Waals surface area contributed by atoms with Crippen LogP contribution in [0.4, 0.5) is 0 Å². The summed E-state index contributed by atoms with van der Waals surface area (Å²) in [5.74, 6) is -1.02. The smallest absolute Gasteiger partial charge is 0.283 e. The first-order valence-electron chi connectivity index (χ1n) is 5.23. The van der Waals surface area contributed by atoms with Crippen molar-refractivity contribution in [1.82, 2.24) is 4.98 Å². The van der Waals surface area contributed by atoms with Gasteiger partial charge >= 0.3 is 0 Å². The number of nitrogens with zero attached hydrogens (tertiary/aromatic N) is 2. The maximum atomic E-state index is 12.0. The molecule has 0 saturated carbocycles. The van der Waals surface area contributed by atoms with Crippen LogP contribution in [0.1, 0.15) is 21.0 Å². The summed E-state index contributed by atoms with van der Waals surface area (Å²) in [6.07, 6.45) is 3.28. The van der Waals surface area contributed by atoms with Crippen LogP contribution in [0.15, 0.2) is 36.7 Å². The van der Waals surface area contributed by atoms with Gasteiger partial charge in [0, 0.05) is 17.8 Å². The summed E-state index contributed by atoms with van der Waals surface area (Å²) in [5.41, 5.74) is 2.17. The van der Waals surface area contributed by atoms with Crippen molar-refractivity contribution in [2.75, 3.05) is 0 Å². The molecular weight excluding hydrogens is 216 g/mol. The number of Topliss-reactive ketones (excluding diaryl/α,β-unsaturated/α-hetero) is 2. The first-order chi connectivity index (χ1) is 8.20. The second kappa shape index (κ2) is 3.31. The van der Waals surface area contributed by atoms with Crippen LogP contribution in [0.2, 0.25) is 0 Å². The monoisotopic (exact) mass is 225 g/mol. The topological polar surface area (TPSA) is 50.9 Å². The number of pyridine rings is 2. The summed E-state index contributed by atoms with van der Waals surface area (Å²) < 4.78 is 1.67. The molecule has 0 spiro atoms. The number of rotatable bonds is 0. The van der Waals surface area contributed by atoms with Crippen LogP contribution in [0.25, 0.3) is 11.1 Å². The van der Waals surface area contributed by atoms with E-state index in [0.29, 0.717) is 5.69 Å². The molecular formula is C13H9N2O2+. The molecule has 2 aromatic rings. The average Bonchev–Trinajstić information content (AvgIpc) is 2.36. The van der Waals surface area contributed by atoms with Crippen molar-refractivity contribution in [3.05, 3.63) is 48.0 Å². The lowest BCUT2D eigenvalue weighted by atomic mass is 9.90. The molecule has 0 saturated heterocycles. The molecule has 0 atom stereocenters. The lowest BCUT2D eigenvalue weighted by Crippen LogP contribution is -2.41. The highest BCUT2D eigenvalue weighted by molar-refractivity contribution is 6.51. The fourth-order valence-corrected chi connectivity index (χ4v) is 2.13. The average molecular weight is 225 g/mol. The highest BCUT2D eigenvalue weighted by Crippen LogP contribution is 2.29. The zero-order valence-corrected chi connectivity index (χ0v) is 9.18. The Balaban J connectivity index is 2.44. The number of aryl methyl sites for hydroxylation is 1. The Labute approximate surface area is 97.5 Å². The van der Waals surface area contributed by atoms with Gasteiger partial charge in [0.05, 0.1) is 5.56 Å². The van der Waals surface area contributed by atoms with Gasteiger partial charge in [0.25, 0.3) is 17.3 Å². The second-order valence-corrected chi connectivity index (χ2v) is 3.94. The lowest BCUT2D eigenvalue weighted by Gasteiger charge is -2.13. The van der Waals surface area contributed by atoms with Crippen molar-refractivity contribution in [3.8, 4) is 11.1 Å².